The summed E-state index contributed by atoms with van der Waals surface area (Å²) in [5.74, 6) is 0.216. The van der Waals surface area contributed by atoms with Crippen LogP contribution in [0.1, 0.15) is 33.1 Å². The Bertz CT molecular complexity index is 206. The molecule has 3 nitrogen and oxygen atoms in total. The maximum absolute atomic E-state index is 11.6. The second-order valence-electron chi connectivity index (χ2n) is 4.28. The third-order valence-corrected chi connectivity index (χ3v) is 2.65. The Morgan fingerprint density at radius 1 is 1.71 bits per heavy atom. The molecule has 1 aliphatic rings. The third kappa shape index (κ3) is 3.33. The Morgan fingerprint density at radius 3 is 3.07 bits per heavy atom. The van der Waals surface area contributed by atoms with Gasteiger partial charge in [-0.15, -0.1) is 0 Å². The standard InChI is InChI=1S/C10H19BN2O/c1-3-12-9(14)8-5-4-6-13-10(2,11)7-8/h8,13H,3-7H2,1-2H3,(H,12,14). The van der Waals surface area contributed by atoms with E-state index in [2.05, 4.69) is 10.6 Å². The van der Waals surface area contributed by atoms with Crippen LogP contribution in [0.25, 0.3) is 0 Å². The molecule has 2 atom stereocenters. The fraction of sp³-hybridized carbons (Fsp3) is 0.900. The van der Waals surface area contributed by atoms with Crippen LogP contribution >= 0.6 is 0 Å². The van der Waals surface area contributed by atoms with E-state index in [1.165, 1.54) is 0 Å². The molecule has 0 bridgehead atoms. The smallest absolute Gasteiger partial charge is 0.223 e. The first-order valence-electron chi connectivity index (χ1n) is 5.37. The summed E-state index contributed by atoms with van der Waals surface area (Å²) in [4.78, 5) is 11.6. The summed E-state index contributed by atoms with van der Waals surface area (Å²) < 4.78 is 0. The Balaban J connectivity index is 2.55. The van der Waals surface area contributed by atoms with E-state index in [1.54, 1.807) is 0 Å². The SMILES string of the molecule is [B]C1(C)CC(C(=O)NCC)CCCN1. The topological polar surface area (TPSA) is 41.1 Å². The molecule has 0 aromatic rings. The molecule has 1 fully saturated rings. The maximum atomic E-state index is 11.6. The monoisotopic (exact) mass is 194 g/mol. The predicted molar refractivity (Wildman–Crippen MR) is 58.2 cm³/mol. The first-order chi connectivity index (χ1) is 6.55. The van der Waals surface area contributed by atoms with Crippen LogP contribution in [0.15, 0.2) is 0 Å². The van der Waals surface area contributed by atoms with E-state index in [0.717, 1.165) is 25.8 Å². The zero-order valence-electron chi connectivity index (χ0n) is 9.10. The number of amides is 1. The zero-order chi connectivity index (χ0) is 10.6. The van der Waals surface area contributed by atoms with E-state index in [9.17, 15) is 4.79 Å². The van der Waals surface area contributed by atoms with Crippen molar-refractivity contribution in [1.29, 1.82) is 0 Å². The lowest BCUT2D eigenvalue weighted by Crippen LogP contribution is -2.44. The van der Waals surface area contributed by atoms with Crippen LogP contribution in [0.5, 0.6) is 0 Å². The molecule has 0 saturated carbocycles. The number of rotatable bonds is 2. The lowest BCUT2D eigenvalue weighted by Gasteiger charge is -2.27. The van der Waals surface area contributed by atoms with Crippen LogP contribution in [0.4, 0.5) is 0 Å². The van der Waals surface area contributed by atoms with Gasteiger partial charge in [-0.25, -0.2) is 0 Å². The Kier molecular flexibility index (Phi) is 3.99. The Labute approximate surface area is 87.4 Å². The van der Waals surface area contributed by atoms with E-state index in [4.69, 9.17) is 7.85 Å². The highest BCUT2D eigenvalue weighted by Gasteiger charge is 2.28. The summed E-state index contributed by atoms with van der Waals surface area (Å²) in [5, 5.41) is 6.10. The van der Waals surface area contributed by atoms with Gasteiger partial charge in [-0.05, 0) is 38.2 Å². The molecule has 0 aromatic heterocycles. The molecule has 2 radical (unpaired) electrons. The minimum Gasteiger partial charge on any atom is -0.356 e. The van der Waals surface area contributed by atoms with Crippen molar-refractivity contribution in [3.63, 3.8) is 0 Å². The maximum Gasteiger partial charge on any atom is 0.223 e. The number of hydrogen-bond acceptors (Lipinski definition) is 2. The fourth-order valence-electron chi connectivity index (χ4n) is 1.95. The van der Waals surface area contributed by atoms with Gasteiger partial charge in [-0.1, -0.05) is 6.92 Å². The van der Waals surface area contributed by atoms with Gasteiger partial charge in [0.2, 0.25) is 5.91 Å². The van der Waals surface area contributed by atoms with Crippen molar-refractivity contribution < 1.29 is 4.79 Å². The average Bonchev–Trinajstić information content (AvgIpc) is 2.27. The molecule has 1 heterocycles. The molecule has 0 aromatic carbocycles. The summed E-state index contributed by atoms with van der Waals surface area (Å²) in [7, 11) is 6.01. The van der Waals surface area contributed by atoms with E-state index < -0.39 is 5.44 Å². The van der Waals surface area contributed by atoms with Crippen molar-refractivity contribution in [1.82, 2.24) is 10.6 Å². The normalized spacial score (nSPS) is 33.4. The van der Waals surface area contributed by atoms with Gasteiger partial charge in [0.15, 0.2) is 0 Å². The van der Waals surface area contributed by atoms with Crippen molar-refractivity contribution in [3.8, 4) is 0 Å². The predicted octanol–water partition coefficient (Wildman–Crippen LogP) is 0.397. The number of carbonyl (C=O) groups excluding carboxylic acids is 1. The van der Waals surface area contributed by atoms with Crippen molar-refractivity contribution in [2.45, 2.75) is 38.5 Å². The minimum atomic E-state index is -0.397. The van der Waals surface area contributed by atoms with E-state index >= 15 is 0 Å². The van der Waals surface area contributed by atoms with Crippen LogP contribution in [0.2, 0.25) is 0 Å². The van der Waals surface area contributed by atoms with Crippen molar-refractivity contribution in [2.75, 3.05) is 13.1 Å². The Morgan fingerprint density at radius 2 is 2.43 bits per heavy atom. The molecule has 0 spiro atoms. The first-order valence-corrected chi connectivity index (χ1v) is 5.37. The van der Waals surface area contributed by atoms with Gasteiger partial charge >= 0.3 is 0 Å². The summed E-state index contributed by atoms with van der Waals surface area (Å²) in [6.45, 7) is 5.49. The largest absolute Gasteiger partial charge is 0.356 e. The summed E-state index contributed by atoms with van der Waals surface area (Å²) in [6, 6.07) is 0. The average molecular weight is 194 g/mol. The lowest BCUT2D eigenvalue weighted by molar-refractivity contribution is -0.125. The van der Waals surface area contributed by atoms with Crippen molar-refractivity contribution in [2.24, 2.45) is 5.92 Å². The molecule has 2 N–H and O–H groups in total. The molecular weight excluding hydrogens is 175 g/mol. The van der Waals surface area contributed by atoms with Gasteiger partial charge in [0.1, 0.15) is 0 Å². The van der Waals surface area contributed by atoms with Crippen LogP contribution in [0.3, 0.4) is 0 Å². The van der Waals surface area contributed by atoms with Gasteiger partial charge in [-0.3, -0.25) is 4.79 Å². The molecule has 4 heteroatoms. The van der Waals surface area contributed by atoms with Crippen molar-refractivity contribution in [3.05, 3.63) is 0 Å². The molecule has 1 aliphatic heterocycles. The summed E-state index contributed by atoms with van der Waals surface area (Å²) in [6.07, 6.45) is 2.68. The first kappa shape index (κ1) is 11.6. The number of carbonyl (C=O) groups is 1. The molecule has 1 saturated heterocycles. The molecule has 1 rings (SSSR count). The molecule has 78 valence electrons. The van der Waals surface area contributed by atoms with Crippen LogP contribution in [-0.4, -0.2) is 32.3 Å². The van der Waals surface area contributed by atoms with Crippen molar-refractivity contribution >= 4 is 13.8 Å². The Hall–Kier alpha value is -0.505. The molecule has 1 amide bonds. The summed E-state index contributed by atoms with van der Waals surface area (Å²) in [5.41, 5.74) is -0.397. The summed E-state index contributed by atoms with van der Waals surface area (Å²) >= 11 is 0. The fourth-order valence-corrected chi connectivity index (χ4v) is 1.95. The second kappa shape index (κ2) is 4.83. The van der Waals surface area contributed by atoms with Gasteiger partial charge < -0.3 is 10.6 Å². The van der Waals surface area contributed by atoms with E-state index in [-0.39, 0.29) is 11.8 Å². The van der Waals surface area contributed by atoms with E-state index in [0.29, 0.717) is 6.54 Å². The molecule has 14 heavy (non-hydrogen) atoms. The minimum absolute atomic E-state index is 0.0694. The lowest BCUT2D eigenvalue weighted by atomic mass is 9.73. The van der Waals surface area contributed by atoms with Crippen LogP contribution in [0, 0.1) is 5.92 Å². The van der Waals surface area contributed by atoms with Gasteiger partial charge in [0, 0.05) is 12.5 Å². The molecule has 2 unspecified atom stereocenters. The molecular formula is C10H19BN2O. The van der Waals surface area contributed by atoms with Gasteiger partial charge in [0.05, 0.1) is 7.85 Å². The zero-order valence-corrected chi connectivity index (χ0v) is 9.10. The highest BCUT2D eigenvalue weighted by Crippen LogP contribution is 2.22. The highest BCUT2D eigenvalue weighted by atomic mass is 16.1. The highest BCUT2D eigenvalue weighted by molar-refractivity contribution is 6.15. The number of nitrogens with one attached hydrogen (secondary N) is 2. The van der Waals surface area contributed by atoms with Gasteiger partial charge in [0.25, 0.3) is 0 Å². The third-order valence-electron chi connectivity index (χ3n) is 2.65. The number of hydrogen-bond donors (Lipinski definition) is 2. The van der Waals surface area contributed by atoms with E-state index in [1.807, 2.05) is 13.8 Å². The molecule has 0 aliphatic carbocycles. The second-order valence-corrected chi connectivity index (χ2v) is 4.28. The van der Waals surface area contributed by atoms with Crippen LogP contribution < -0.4 is 10.6 Å². The van der Waals surface area contributed by atoms with Crippen LogP contribution in [-0.2, 0) is 4.79 Å². The quantitative estimate of drug-likeness (QED) is 0.624. The van der Waals surface area contributed by atoms with Gasteiger partial charge in [-0.2, -0.15) is 0 Å².